The van der Waals surface area contributed by atoms with E-state index < -0.39 is 11.7 Å². The van der Waals surface area contributed by atoms with Gasteiger partial charge in [-0.25, -0.2) is 0 Å². The van der Waals surface area contributed by atoms with Crippen LogP contribution in [0.15, 0.2) is 54.6 Å². The molecule has 0 aliphatic heterocycles. The molecule has 0 aliphatic rings. The predicted octanol–water partition coefficient (Wildman–Crippen LogP) is 3.29. The molecule has 1 heterocycles. The molecule has 5 nitrogen and oxygen atoms in total. The Morgan fingerprint density at radius 1 is 0.957 bits per heavy atom. The summed E-state index contributed by atoms with van der Waals surface area (Å²) in [6.45, 7) is -0.0388. The molecular weight excluding hydrogens is 307 g/mol. The molecule has 3 aromatic rings. The Hall–Kier alpha value is -2.90. The number of para-hydroxylation sites is 1. The standard InChI is InChI=1S/C15H12F3N5/c16-15(17,18)13-9-5-4-6-11(13)10-19-14-20-21-22-23(14)12-7-2-1-3-8-12/h1-9H,10H2,(H,19,20,22). The SMILES string of the molecule is FC(F)(F)c1ccccc1CNc1nnnn1-c1ccccc1. The van der Waals surface area contributed by atoms with Crippen molar-refractivity contribution in [2.45, 2.75) is 12.7 Å². The zero-order valence-electron chi connectivity index (χ0n) is 11.8. The van der Waals surface area contributed by atoms with Crippen LogP contribution >= 0.6 is 0 Å². The normalized spacial score (nSPS) is 11.4. The minimum atomic E-state index is -4.40. The lowest BCUT2D eigenvalue weighted by atomic mass is 10.1. The highest BCUT2D eigenvalue weighted by atomic mass is 19.4. The number of nitrogens with one attached hydrogen (secondary N) is 1. The van der Waals surface area contributed by atoms with Gasteiger partial charge in [-0.3, -0.25) is 0 Å². The van der Waals surface area contributed by atoms with Crippen molar-refractivity contribution in [3.63, 3.8) is 0 Å². The van der Waals surface area contributed by atoms with E-state index in [4.69, 9.17) is 0 Å². The molecule has 3 rings (SSSR count). The van der Waals surface area contributed by atoms with E-state index in [0.717, 1.165) is 6.07 Å². The zero-order chi connectivity index (χ0) is 16.3. The summed E-state index contributed by atoms with van der Waals surface area (Å²) in [7, 11) is 0. The highest BCUT2D eigenvalue weighted by Crippen LogP contribution is 2.32. The first-order valence-corrected chi connectivity index (χ1v) is 6.78. The summed E-state index contributed by atoms with van der Waals surface area (Å²) in [4.78, 5) is 0. The van der Waals surface area contributed by atoms with Crippen molar-refractivity contribution in [1.29, 1.82) is 0 Å². The molecule has 0 saturated heterocycles. The first kappa shape index (κ1) is 15.0. The molecule has 0 saturated carbocycles. The number of hydrogen-bond donors (Lipinski definition) is 1. The van der Waals surface area contributed by atoms with E-state index >= 15 is 0 Å². The van der Waals surface area contributed by atoms with Gasteiger partial charge in [0.05, 0.1) is 11.3 Å². The van der Waals surface area contributed by atoms with Gasteiger partial charge in [-0.05, 0) is 34.2 Å². The molecule has 23 heavy (non-hydrogen) atoms. The number of rotatable bonds is 4. The molecule has 0 bridgehead atoms. The van der Waals surface area contributed by atoms with Crippen LogP contribution in [0, 0.1) is 0 Å². The van der Waals surface area contributed by atoms with E-state index in [0.29, 0.717) is 5.69 Å². The minimum absolute atomic E-state index is 0.0388. The topological polar surface area (TPSA) is 55.6 Å². The van der Waals surface area contributed by atoms with Crippen molar-refractivity contribution in [2.75, 3.05) is 5.32 Å². The Balaban J connectivity index is 1.82. The summed E-state index contributed by atoms with van der Waals surface area (Å²) >= 11 is 0. The Kier molecular flexibility index (Phi) is 3.96. The fraction of sp³-hybridized carbons (Fsp3) is 0.133. The van der Waals surface area contributed by atoms with E-state index in [1.54, 1.807) is 18.2 Å². The van der Waals surface area contributed by atoms with Gasteiger partial charge in [0.25, 0.3) is 0 Å². The van der Waals surface area contributed by atoms with Crippen LogP contribution in [0.5, 0.6) is 0 Å². The van der Waals surface area contributed by atoms with Gasteiger partial charge in [-0.15, -0.1) is 0 Å². The maximum atomic E-state index is 13.0. The summed E-state index contributed by atoms with van der Waals surface area (Å²) in [5.74, 6) is 0.271. The largest absolute Gasteiger partial charge is 0.416 e. The number of tetrazole rings is 1. The Labute approximate surface area is 129 Å². The highest BCUT2D eigenvalue weighted by Gasteiger charge is 2.32. The second kappa shape index (κ2) is 6.07. The lowest BCUT2D eigenvalue weighted by Crippen LogP contribution is -2.13. The van der Waals surface area contributed by atoms with E-state index in [1.807, 2.05) is 18.2 Å². The number of aromatic nitrogens is 4. The van der Waals surface area contributed by atoms with Gasteiger partial charge < -0.3 is 5.32 Å². The first-order chi connectivity index (χ1) is 11.1. The predicted molar refractivity (Wildman–Crippen MR) is 77.9 cm³/mol. The van der Waals surface area contributed by atoms with Gasteiger partial charge in [-0.2, -0.15) is 17.9 Å². The summed E-state index contributed by atoms with van der Waals surface area (Å²) in [6.07, 6.45) is -4.40. The molecule has 0 amide bonds. The summed E-state index contributed by atoms with van der Waals surface area (Å²) < 4.78 is 40.4. The number of alkyl halides is 3. The third kappa shape index (κ3) is 3.31. The molecule has 0 atom stereocenters. The number of hydrogen-bond acceptors (Lipinski definition) is 4. The highest BCUT2D eigenvalue weighted by molar-refractivity contribution is 5.40. The van der Waals surface area contributed by atoms with Gasteiger partial charge in [0.2, 0.25) is 5.95 Å². The summed E-state index contributed by atoms with van der Waals surface area (Å²) in [6, 6.07) is 14.5. The molecule has 0 radical (unpaired) electrons. The van der Waals surface area contributed by atoms with Gasteiger partial charge >= 0.3 is 6.18 Å². The van der Waals surface area contributed by atoms with E-state index in [9.17, 15) is 13.2 Å². The second-order valence-electron chi connectivity index (χ2n) is 4.76. The molecule has 118 valence electrons. The van der Waals surface area contributed by atoms with Crippen molar-refractivity contribution < 1.29 is 13.2 Å². The van der Waals surface area contributed by atoms with Crippen molar-refractivity contribution >= 4 is 5.95 Å². The van der Waals surface area contributed by atoms with Crippen LogP contribution in [0.1, 0.15) is 11.1 Å². The van der Waals surface area contributed by atoms with Crippen LogP contribution in [0.3, 0.4) is 0 Å². The maximum Gasteiger partial charge on any atom is 0.416 e. The molecule has 0 unspecified atom stereocenters. The molecular formula is C15H12F3N5. The third-order valence-corrected chi connectivity index (χ3v) is 3.23. The molecule has 1 N–H and O–H groups in total. The van der Waals surface area contributed by atoms with E-state index in [-0.39, 0.29) is 18.1 Å². The number of halogens is 3. The van der Waals surface area contributed by atoms with Crippen molar-refractivity contribution in [3.8, 4) is 5.69 Å². The lowest BCUT2D eigenvalue weighted by Gasteiger charge is -2.13. The van der Waals surface area contributed by atoms with Crippen LogP contribution in [0.4, 0.5) is 19.1 Å². The van der Waals surface area contributed by atoms with E-state index in [2.05, 4.69) is 20.8 Å². The van der Waals surface area contributed by atoms with Crippen LogP contribution in [0.2, 0.25) is 0 Å². The number of anilines is 1. The van der Waals surface area contributed by atoms with Crippen molar-refractivity contribution in [1.82, 2.24) is 20.2 Å². The van der Waals surface area contributed by atoms with Crippen molar-refractivity contribution in [3.05, 3.63) is 65.7 Å². The lowest BCUT2D eigenvalue weighted by molar-refractivity contribution is -0.138. The van der Waals surface area contributed by atoms with Gasteiger partial charge in [-0.1, -0.05) is 41.5 Å². The first-order valence-electron chi connectivity index (χ1n) is 6.78. The summed E-state index contributed by atoms with van der Waals surface area (Å²) in [5.41, 5.74) is 0.165. The molecule has 2 aromatic carbocycles. The van der Waals surface area contributed by atoms with Gasteiger partial charge in [0.15, 0.2) is 0 Å². The summed E-state index contributed by atoms with van der Waals surface area (Å²) in [5, 5.41) is 14.1. The van der Waals surface area contributed by atoms with E-state index in [1.165, 1.54) is 16.8 Å². The Morgan fingerprint density at radius 2 is 1.65 bits per heavy atom. The quantitative estimate of drug-likeness (QED) is 0.802. The van der Waals surface area contributed by atoms with Crippen LogP contribution in [-0.2, 0) is 12.7 Å². The minimum Gasteiger partial charge on any atom is -0.349 e. The Morgan fingerprint density at radius 3 is 2.39 bits per heavy atom. The Bertz CT molecular complexity index is 783. The molecule has 0 fully saturated rings. The molecule has 0 aliphatic carbocycles. The smallest absolute Gasteiger partial charge is 0.349 e. The fourth-order valence-electron chi connectivity index (χ4n) is 2.17. The van der Waals surface area contributed by atoms with Crippen molar-refractivity contribution in [2.24, 2.45) is 0 Å². The third-order valence-electron chi connectivity index (χ3n) is 3.23. The number of benzene rings is 2. The van der Waals surface area contributed by atoms with Crippen LogP contribution < -0.4 is 5.32 Å². The molecule has 1 aromatic heterocycles. The molecule has 0 spiro atoms. The average molecular weight is 319 g/mol. The number of nitrogens with zero attached hydrogens (tertiary/aromatic N) is 4. The van der Waals surface area contributed by atoms with Gasteiger partial charge in [0, 0.05) is 6.54 Å². The second-order valence-corrected chi connectivity index (χ2v) is 4.76. The van der Waals surface area contributed by atoms with Gasteiger partial charge in [0.1, 0.15) is 0 Å². The fourth-order valence-corrected chi connectivity index (χ4v) is 2.17. The molecule has 8 heteroatoms. The maximum absolute atomic E-state index is 13.0. The average Bonchev–Trinajstić information content (AvgIpc) is 3.02. The van der Waals surface area contributed by atoms with Crippen LogP contribution in [0.25, 0.3) is 5.69 Å². The zero-order valence-corrected chi connectivity index (χ0v) is 11.8. The monoisotopic (exact) mass is 319 g/mol. The van der Waals surface area contributed by atoms with Crippen LogP contribution in [-0.4, -0.2) is 20.2 Å².